The molecule has 2 rings (SSSR count). The molecule has 0 saturated heterocycles. The molecule has 0 aliphatic carbocycles. The Morgan fingerprint density at radius 1 is 1.21 bits per heavy atom. The molecular weight excluding hydrogens is 264 g/mol. The molecule has 0 radical (unpaired) electrons. The first-order chi connectivity index (χ1) is 8.82. The largest absolute Gasteiger partial charge is 0.453 e. The number of aryl methyl sites for hydroxylation is 1. The predicted octanol–water partition coefficient (Wildman–Crippen LogP) is 4.23. The Hall–Kier alpha value is -2.11. The lowest BCUT2D eigenvalue weighted by atomic mass is 10.0. The molecule has 2 nitrogen and oxygen atoms in total. The van der Waals surface area contributed by atoms with Gasteiger partial charge in [0.05, 0.1) is 11.1 Å². The van der Waals surface area contributed by atoms with Gasteiger partial charge in [-0.2, -0.15) is 13.2 Å². The van der Waals surface area contributed by atoms with E-state index in [0.717, 1.165) is 6.07 Å². The lowest BCUT2D eigenvalue weighted by Crippen LogP contribution is -2.08. The number of alkyl halides is 3. The molecule has 1 heterocycles. The molecule has 1 aromatic heterocycles. The van der Waals surface area contributed by atoms with Crippen LogP contribution in [0.5, 0.6) is 0 Å². The minimum atomic E-state index is -4.61. The predicted molar refractivity (Wildman–Crippen MR) is 59.2 cm³/mol. The van der Waals surface area contributed by atoms with Crippen molar-refractivity contribution in [3.63, 3.8) is 0 Å². The maximum absolute atomic E-state index is 13.7. The number of hydrogen-bond donors (Lipinski definition) is 0. The molecule has 0 aliphatic heterocycles. The zero-order valence-corrected chi connectivity index (χ0v) is 9.72. The average Bonchev–Trinajstić information content (AvgIpc) is 2.78. The number of rotatable bonds is 2. The second-order valence-corrected chi connectivity index (χ2v) is 3.96. The summed E-state index contributed by atoms with van der Waals surface area (Å²) >= 11 is 0. The third-order valence-electron chi connectivity index (χ3n) is 2.63. The van der Waals surface area contributed by atoms with Crippen molar-refractivity contribution in [1.82, 2.24) is 0 Å². The van der Waals surface area contributed by atoms with Gasteiger partial charge in [0, 0.05) is 0 Å². The molecular formula is C13H8F4O2. The third-order valence-corrected chi connectivity index (χ3v) is 2.63. The molecule has 0 fully saturated rings. The quantitative estimate of drug-likeness (QED) is 0.605. The van der Waals surface area contributed by atoms with Gasteiger partial charge in [-0.3, -0.25) is 4.79 Å². The van der Waals surface area contributed by atoms with Crippen LogP contribution in [-0.2, 0) is 6.18 Å². The average molecular weight is 272 g/mol. The third kappa shape index (κ3) is 2.52. The van der Waals surface area contributed by atoms with Crippen molar-refractivity contribution >= 4 is 6.29 Å². The Morgan fingerprint density at radius 2 is 1.89 bits per heavy atom. The van der Waals surface area contributed by atoms with Crippen molar-refractivity contribution in [2.45, 2.75) is 13.1 Å². The van der Waals surface area contributed by atoms with E-state index in [4.69, 9.17) is 4.42 Å². The van der Waals surface area contributed by atoms with Gasteiger partial charge in [-0.05, 0) is 36.8 Å². The van der Waals surface area contributed by atoms with Crippen LogP contribution in [0.4, 0.5) is 17.6 Å². The summed E-state index contributed by atoms with van der Waals surface area (Å²) in [5, 5.41) is 0. The van der Waals surface area contributed by atoms with E-state index in [9.17, 15) is 22.4 Å². The van der Waals surface area contributed by atoms with E-state index in [1.54, 1.807) is 0 Å². The van der Waals surface area contributed by atoms with Crippen molar-refractivity contribution in [3.8, 4) is 11.3 Å². The Morgan fingerprint density at radius 3 is 2.42 bits per heavy atom. The van der Waals surface area contributed by atoms with Crippen LogP contribution in [-0.4, -0.2) is 6.29 Å². The monoisotopic (exact) mass is 272 g/mol. The van der Waals surface area contributed by atoms with Crippen LogP contribution in [0.3, 0.4) is 0 Å². The minimum absolute atomic E-state index is 0.0106. The smallest absolute Gasteiger partial charge is 0.416 e. The van der Waals surface area contributed by atoms with Crippen LogP contribution in [0.25, 0.3) is 11.3 Å². The van der Waals surface area contributed by atoms with Crippen molar-refractivity contribution < 1.29 is 26.8 Å². The standard InChI is InChI=1S/C13H8F4O2/c1-7-4-9(12-3-2-8(6-18)19-12)11(14)5-10(7)13(15,16)17/h2-6H,1H3. The maximum Gasteiger partial charge on any atom is 0.416 e. The SMILES string of the molecule is Cc1cc(-c2ccc(C=O)o2)c(F)cc1C(F)(F)F. The molecule has 1 aromatic carbocycles. The first kappa shape index (κ1) is 13.3. The Balaban J connectivity index is 2.55. The lowest BCUT2D eigenvalue weighted by Gasteiger charge is -2.11. The van der Waals surface area contributed by atoms with Crippen LogP contribution >= 0.6 is 0 Å². The molecule has 0 unspecified atom stereocenters. The highest BCUT2D eigenvalue weighted by atomic mass is 19.4. The maximum atomic E-state index is 13.7. The number of carbonyl (C=O) groups excluding carboxylic acids is 1. The number of hydrogen-bond acceptors (Lipinski definition) is 2. The van der Waals surface area contributed by atoms with E-state index in [-0.39, 0.29) is 22.6 Å². The van der Waals surface area contributed by atoms with Gasteiger partial charge in [0.15, 0.2) is 12.0 Å². The van der Waals surface area contributed by atoms with Gasteiger partial charge < -0.3 is 4.42 Å². The van der Waals surface area contributed by atoms with Crippen molar-refractivity contribution in [2.24, 2.45) is 0 Å². The summed E-state index contributed by atoms with van der Waals surface area (Å²) < 4.78 is 56.5. The Labute approximate surface area is 105 Å². The zero-order valence-electron chi connectivity index (χ0n) is 9.72. The molecule has 19 heavy (non-hydrogen) atoms. The molecule has 0 bridgehead atoms. The second-order valence-electron chi connectivity index (χ2n) is 3.96. The van der Waals surface area contributed by atoms with Crippen LogP contribution in [0.1, 0.15) is 21.7 Å². The van der Waals surface area contributed by atoms with Gasteiger partial charge in [0.25, 0.3) is 0 Å². The molecule has 0 saturated carbocycles. The summed E-state index contributed by atoms with van der Waals surface area (Å²) in [4.78, 5) is 10.5. The number of furan rings is 1. The van der Waals surface area contributed by atoms with Crippen molar-refractivity contribution in [2.75, 3.05) is 0 Å². The number of carbonyl (C=O) groups is 1. The first-order valence-corrected chi connectivity index (χ1v) is 5.25. The molecule has 100 valence electrons. The fraction of sp³-hybridized carbons (Fsp3) is 0.154. The van der Waals surface area contributed by atoms with Crippen LogP contribution in [0.15, 0.2) is 28.7 Å². The summed E-state index contributed by atoms with van der Waals surface area (Å²) in [5.41, 5.74) is -1.26. The fourth-order valence-corrected chi connectivity index (χ4v) is 1.74. The summed E-state index contributed by atoms with van der Waals surface area (Å²) in [5.74, 6) is -1.06. The minimum Gasteiger partial charge on any atom is -0.453 e. The topological polar surface area (TPSA) is 30.2 Å². The number of aldehydes is 1. The van der Waals surface area contributed by atoms with E-state index in [1.165, 1.54) is 19.1 Å². The molecule has 6 heteroatoms. The summed E-state index contributed by atoms with van der Waals surface area (Å²) in [6.45, 7) is 1.23. The highest BCUT2D eigenvalue weighted by Gasteiger charge is 2.33. The zero-order chi connectivity index (χ0) is 14.2. The van der Waals surface area contributed by atoms with Crippen LogP contribution in [0.2, 0.25) is 0 Å². The van der Waals surface area contributed by atoms with Gasteiger partial charge in [-0.15, -0.1) is 0 Å². The molecule has 0 N–H and O–H groups in total. The van der Waals surface area contributed by atoms with E-state index in [1.807, 2.05) is 0 Å². The van der Waals surface area contributed by atoms with E-state index >= 15 is 0 Å². The molecule has 0 spiro atoms. The first-order valence-electron chi connectivity index (χ1n) is 5.25. The van der Waals surface area contributed by atoms with E-state index < -0.39 is 17.6 Å². The number of benzene rings is 1. The number of halogens is 4. The van der Waals surface area contributed by atoms with Crippen molar-refractivity contribution in [3.05, 3.63) is 47.0 Å². The van der Waals surface area contributed by atoms with Crippen LogP contribution < -0.4 is 0 Å². The molecule has 0 atom stereocenters. The fourth-order valence-electron chi connectivity index (χ4n) is 1.74. The highest BCUT2D eigenvalue weighted by molar-refractivity contribution is 5.73. The Bertz CT molecular complexity index is 626. The summed E-state index contributed by atoms with van der Waals surface area (Å²) in [7, 11) is 0. The van der Waals surface area contributed by atoms with Crippen molar-refractivity contribution in [1.29, 1.82) is 0 Å². The summed E-state index contributed by atoms with van der Waals surface area (Å²) in [6, 6.07) is 4.11. The normalized spacial score (nSPS) is 11.6. The molecule has 0 amide bonds. The van der Waals surface area contributed by atoms with E-state index in [0.29, 0.717) is 12.4 Å². The lowest BCUT2D eigenvalue weighted by molar-refractivity contribution is -0.138. The second kappa shape index (κ2) is 4.53. The van der Waals surface area contributed by atoms with E-state index in [2.05, 4.69) is 0 Å². The van der Waals surface area contributed by atoms with Gasteiger partial charge >= 0.3 is 6.18 Å². The van der Waals surface area contributed by atoms with Gasteiger partial charge in [0.2, 0.25) is 0 Å². The van der Waals surface area contributed by atoms with Gasteiger partial charge in [-0.25, -0.2) is 4.39 Å². The summed E-state index contributed by atoms with van der Waals surface area (Å²) in [6.07, 6.45) is -4.18. The molecule has 0 aliphatic rings. The van der Waals surface area contributed by atoms with Crippen LogP contribution in [0, 0.1) is 12.7 Å². The Kier molecular flexibility index (Phi) is 3.18. The molecule has 2 aromatic rings. The van der Waals surface area contributed by atoms with Gasteiger partial charge in [-0.1, -0.05) is 0 Å². The van der Waals surface area contributed by atoms with Gasteiger partial charge in [0.1, 0.15) is 11.6 Å². The highest BCUT2D eigenvalue weighted by Crippen LogP contribution is 2.35.